The minimum Gasteiger partial charge on any atom is -0.460 e. The van der Waals surface area contributed by atoms with Crippen molar-refractivity contribution in [2.24, 2.45) is 0 Å². The van der Waals surface area contributed by atoms with Crippen molar-refractivity contribution in [3.05, 3.63) is 70.8 Å². The zero-order chi connectivity index (χ0) is 25.7. The van der Waals surface area contributed by atoms with Crippen molar-refractivity contribution in [2.45, 2.75) is 13.8 Å². The highest BCUT2D eigenvalue weighted by molar-refractivity contribution is 6.21. The lowest BCUT2D eigenvalue weighted by atomic mass is 9.84. The molecule has 0 spiro atoms. The molecule has 1 aliphatic heterocycles. The lowest BCUT2D eigenvalue weighted by Crippen LogP contribution is -2.16. The van der Waals surface area contributed by atoms with E-state index in [1.807, 2.05) is 0 Å². The largest absolute Gasteiger partial charge is 0.460 e. The summed E-state index contributed by atoms with van der Waals surface area (Å²) in [6.07, 6.45) is 0. The van der Waals surface area contributed by atoms with E-state index in [9.17, 15) is 19.2 Å². The molecule has 0 amide bonds. The standard InChI is InChI=1S/C28H26O8/c1-17(29)23-16-20-6-4-8-22-25(20)26(24(23)18(2)30)19-5-3-7-21(15-19)27(31)35-13-11-33-9-10-34-12-14-36-28(22)32/h3-8,15-16H,9-14H2,1-2H3. The number of esters is 2. The highest BCUT2D eigenvalue weighted by Gasteiger charge is 2.25. The van der Waals surface area contributed by atoms with Crippen LogP contribution in [0, 0.1) is 0 Å². The van der Waals surface area contributed by atoms with Crippen LogP contribution in [-0.4, -0.2) is 63.1 Å². The zero-order valence-corrected chi connectivity index (χ0v) is 20.1. The second-order valence-corrected chi connectivity index (χ2v) is 8.27. The van der Waals surface area contributed by atoms with Gasteiger partial charge in [-0.3, -0.25) is 9.59 Å². The van der Waals surface area contributed by atoms with E-state index in [1.165, 1.54) is 13.8 Å². The zero-order valence-electron chi connectivity index (χ0n) is 20.1. The van der Waals surface area contributed by atoms with Gasteiger partial charge in [-0.05, 0) is 49.1 Å². The van der Waals surface area contributed by atoms with E-state index in [4.69, 9.17) is 18.9 Å². The van der Waals surface area contributed by atoms with Crippen LogP contribution >= 0.6 is 0 Å². The molecule has 1 aliphatic rings. The van der Waals surface area contributed by atoms with E-state index >= 15 is 0 Å². The first-order valence-electron chi connectivity index (χ1n) is 11.6. The molecule has 3 aromatic carbocycles. The Morgan fingerprint density at radius 3 is 1.97 bits per heavy atom. The van der Waals surface area contributed by atoms with Crippen LogP contribution < -0.4 is 0 Å². The highest BCUT2D eigenvalue weighted by Crippen LogP contribution is 2.38. The van der Waals surface area contributed by atoms with E-state index in [0.29, 0.717) is 35.1 Å². The number of cyclic esters (lactones) is 2. The molecule has 0 N–H and O–H groups in total. The lowest BCUT2D eigenvalue weighted by molar-refractivity contribution is 0.00234. The Bertz CT molecular complexity index is 1340. The number of fused-ring (bicyclic) bond motifs is 3. The number of hydrogen-bond acceptors (Lipinski definition) is 8. The second-order valence-electron chi connectivity index (χ2n) is 8.27. The Balaban J connectivity index is 2.00. The fourth-order valence-electron chi connectivity index (χ4n) is 4.23. The number of carbonyl (C=O) groups excluding carboxylic acids is 4. The fraction of sp³-hybridized carbons (Fsp3) is 0.286. The van der Waals surface area contributed by atoms with Crippen LogP contribution in [0.3, 0.4) is 0 Å². The number of ether oxygens (including phenoxy) is 4. The minimum absolute atomic E-state index is 0.0305. The third-order valence-electron chi connectivity index (χ3n) is 5.80. The van der Waals surface area contributed by atoms with Gasteiger partial charge in [0.25, 0.3) is 0 Å². The van der Waals surface area contributed by atoms with Crippen molar-refractivity contribution in [1.82, 2.24) is 0 Å². The quantitative estimate of drug-likeness (QED) is 0.387. The molecule has 0 aromatic heterocycles. The first-order chi connectivity index (χ1) is 17.4. The van der Waals surface area contributed by atoms with Crippen molar-refractivity contribution in [3.8, 4) is 11.1 Å². The fourth-order valence-corrected chi connectivity index (χ4v) is 4.23. The number of hydrogen-bond donors (Lipinski definition) is 0. The van der Waals surface area contributed by atoms with Crippen molar-refractivity contribution < 1.29 is 38.1 Å². The SMILES string of the molecule is CC(=O)c1cc2cccc3c2c(c1C(C)=O)-c1cccc(c1)C(=O)OCCOCCOCCOC3=O. The number of rotatable bonds is 2. The van der Waals surface area contributed by atoms with Crippen molar-refractivity contribution in [1.29, 1.82) is 0 Å². The van der Waals surface area contributed by atoms with E-state index in [2.05, 4.69) is 0 Å². The summed E-state index contributed by atoms with van der Waals surface area (Å²) in [5.41, 5.74) is 1.77. The summed E-state index contributed by atoms with van der Waals surface area (Å²) in [6.45, 7) is 3.82. The summed E-state index contributed by atoms with van der Waals surface area (Å²) in [7, 11) is 0. The molecule has 0 aliphatic carbocycles. The number of benzene rings is 3. The van der Waals surface area contributed by atoms with Crippen molar-refractivity contribution in [3.63, 3.8) is 0 Å². The maximum atomic E-state index is 13.1. The van der Waals surface area contributed by atoms with Gasteiger partial charge in [-0.2, -0.15) is 0 Å². The molecule has 2 bridgehead atoms. The summed E-state index contributed by atoms with van der Waals surface area (Å²) in [6, 6.07) is 13.2. The van der Waals surface area contributed by atoms with Crippen LogP contribution in [-0.2, 0) is 18.9 Å². The third kappa shape index (κ3) is 5.35. The summed E-state index contributed by atoms with van der Waals surface area (Å²) in [5.74, 6) is -1.79. The van der Waals surface area contributed by atoms with Gasteiger partial charge in [-0.1, -0.05) is 24.3 Å². The van der Waals surface area contributed by atoms with E-state index in [-0.39, 0.29) is 60.2 Å². The molecule has 0 fully saturated rings. The molecule has 186 valence electrons. The molecule has 8 nitrogen and oxygen atoms in total. The van der Waals surface area contributed by atoms with E-state index in [0.717, 1.165) is 0 Å². The van der Waals surface area contributed by atoms with Crippen LogP contribution in [0.4, 0.5) is 0 Å². The Morgan fingerprint density at radius 2 is 1.31 bits per heavy atom. The van der Waals surface area contributed by atoms with Crippen LogP contribution in [0.25, 0.3) is 21.9 Å². The molecule has 0 saturated carbocycles. The monoisotopic (exact) mass is 490 g/mol. The Morgan fingerprint density at radius 1 is 0.694 bits per heavy atom. The van der Waals surface area contributed by atoms with E-state index in [1.54, 1.807) is 48.5 Å². The molecule has 0 atom stereocenters. The average Bonchev–Trinajstić information content (AvgIpc) is 2.87. The van der Waals surface area contributed by atoms with Gasteiger partial charge >= 0.3 is 11.9 Å². The molecule has 8 heteroatoms. The smallest absolute Gasteiger partial charge is 0.338 e. The van der Waals surface area contributed by atoms with Crippen LogP contribution in [0.2, 0.25) is 0 Å². The summed E-state index contributed by atoms with van der Waals surface area (Å²) in [5, 5.41) is 1.05. The molecule has 1 heterocycles. The van der Waals surface area contributed by atoms with Gasteiger partial charge in [0.15, 0.2) is 11.6 Å². The molecular formula is C28H26O8. The molecule has 3 aromatic rings. The van der Waals surface area contributed by atoms with Crippen LogP contribution in [0.15, 0.2) is 48.5 Å². The average molecular weight is 491 g/mol. The molecule has 4 rings (SSSR count). The lowest BCUT2D eigenvalue weighted by Gasteiger charge is -2.18. The third-order valence-corrected chi connectivity index (χ3v) is 5.80. The first kappa shape index (κ1) is 25.2. The maximum Gasteiger partial charge on any atom is 0.338 e. The van der Waals surface area contributed by atoms with Crippen LogP contribution in [0.5, 0.6) is 0 Å². The number of ketones is 2. The van der Waals surface area contributed by atoms with Gasteiger partial charge in [0.1, 0.15) is 13.2 Å². The van der Waals surface area contributed by atoms with Crippen molar-refractivity contribution >= 4 is 34.3 Å². The molecule has 0 saturated heterocycles. The minimum atomic E-state index is -0.594. The van der Waals surface area contributed by atoms with E-state index < -0.39 is 11.9 Å². The molecular weight excluding hydrogens is 464 g/mol. The summed E-state index contributed by atoms with van der Waals surface area (Å²) in [4.78, 5) is 51.3. The Labute approximate surface area is 208 Å². The van der Waals surface area contributed by atoms with Gasteiger partial charge in [-0.25, -0.2) is 9.59 Å². The van der Waals surface area contributed by atoms with Gasteiger partial charge in [0.05, 0.1) is 37.6 Å². The predicted octanol–water partition coefficient (Wildman–Crippen LogP) is 4.27. The second kappa shape index (κ2) is 11.2. The van der Waals surface area contributed by atoms with Crippen molar-refractivity contribution in [2.75, 3.05) is 39.6 Å². The first-order valence-corrected chi connectivity index (χ1v) is 11.6. The van der Waals surface area contributed by atoms with Gasteiger partial charge in [0, 0.05) is 22.1 Å². The Hall–Kier alpha value is -3.88. The molecule has 0 radical (unpaired) electrons. The van der Waals surface area contributed by atoms with Gasteiger partial charge < -0.3 is 18.9 Å². The van der Waals surface area contributed by atoms with Gasteiger partial charge in [-0.15, -0.1) is 0 Å². The van der Waals surface area contributed by atoms with Crippen LogP contribution in [0.1, 0.15) is 55.3 Å². The normalized spacial score (nSPS) is 15.4. The Kier molecular flexibility index (Phi) is 7.87. The maximum absolute atomic E-state index is 13.1. The predicted molar refractivity (Wildman–Crippen MR) is 132 cm³/mol. The number of carbonyl (C=O) groups is 4. The highest BCUT2D eigenvalue weighted by atomic mass is 16.6. The number of Topliss-reactive ketones (excluding diaryl/α,β-unsaturated/α-hetero) is 2. The molecule has 0 unspecified atom stereocenters. The summed E-state index contributed by atoms with van der Waals surface area (Å²) >= 11 is 0. The molecule has 36 heavy (non-hydrogen) atoms. The topological polar surface area (TPSA) is 105 Å². The summed E-state index contributed by atoms with van der Waals surface area (Å²) < 4.78 is 21.6. The van der Waals surface area contributed by atoms with Gasteiger partial charge in [0.2, 0.25) is 0 Å².